The monoisotopic (exact) mass is 279 g/mol. The van der Waals surface area contributed by atoms with Gasteiger partial charge in [0.1, 0.15) is 0 Å². The highest BCUT2D eigenvalue weighted by atomic mass is 16.2. The molecule has 1 fully saturated rings. The summed E-state index contributed by atoms with van der Waals surface area (Å²) in [5, 5.41) is 5.76. The Bertz CT molecular complexity index is 393. The van der Waals surface area contributed by atoms with Gasteiger partial charge in [-0.05, 0) is 39.0 Å². The summed E-state index contributed by atoms with van der Waals surface area (Å²) in [7, 11) is 0. The molecule has 0 radical (unpaired) electrons. The number of nitrogens with zero attached hydrogens (tertiary/aromatic N) is 1. The molecule has 2 N–H and O–H groups in total. The molecule has 5 nitrogen and oxygen atoms in total. The minimum absolute atomic E-state index is 0.00302. The molecule has 0 bridgehead atoms. The van der Waals surface area contributed by atoms with Gasteiger partial charge in [0, 0.05) is 19.6 Å². The van der Waals surface area contributed by atoms with Crippen LogP contribution < -0.4 is 10.6 Å². The number of carbonyl (C=O) groups excluding carboxylic acids is 2. The molecule has 1 atom stereocenters. The molecule has 0 spiro atoms. The number of amides is 2. The van der Waals surface area contributed by atoms with Gasteiger partial charge in [-0.25, -0.2) is 0 Å². The highest BCUT2D eigenvalue weighted by molar-refractivity contribution is 5.83. The van der Waals surface area contributed by atoms with E-state index in [9.17, 15) is 9.59 Å². The summed E-state index contributed by atoms with van der Waals surface area (Å²) in [6, 6.07) is -0.235. The largest absolute Gasteiger partial charge is 0.354 e. The SMILES string of the molecule is C[C@H](C(=O)NCCC1=CCCCC1)N1CCNC(=O)C1. The van der Waals surface area contributed by atoms with Crippen LogP contribution in [0.1, 0.15) is 39.0 Å². The Morgan fingerprint density at radius 3 is 3.05 bits per heavy atom. The van der Waals surface area contributed by atoms with Crippen LogP contribution in [0.2, 0.25) is 0 Å². The van der Waals surface area contributed by atoms with Crippen LogP contribution in [0.25, 0.3) is 0 Å². The summed E-state index contributed by atoms with van der Waals surface area (Å²) < 4.78 is 0. The second-order valence-corrected chi connectivity index (χ2v) is 5.65. The van der Waals surface area contributed by atoms with Gasteiger partial charge in [-0.1, -0.05) is 11.6 Å². The fourth-order valence-corrected chi connectivity index (χ4v) is 2.78. The number of hydrogen-bond acceptors (Lipinski definition) is 3. The third-order valence-corrected chi connectivity index (χ3v) is 4.13. The van der Waals surface area contributed by atoms with E-state index in [1.165, 1.54) is 31.3 Å². The molecule has 0 aromatic heterocycles. The van der Waals surface area contributed by atoms with Gasteiger partial charge in [0.05, 0.1) is 12.6 Å². The molecule has 0 aromatic rings. The van der Waals surface area contributed by atoms with Gasteiger partial charge < -0.3 is 10.6 Å². The van der Waals surface area contributed by atoms with E-state index in [4.69, 9.17) is 0 Å². The van der Waals surface area contributed by atoms with E-state index in [0.29, 0.717) is 19.6 Å². The van der Waals surface area contributed by atoms with E-state index in [2.05, 4.69) is 16.7 Å². The van der Waals surface area contributed by atoms with Crippen LogP contribution in [0, 0.1) is 0 Å². The van der Waals surface area contributed by atoms with Crippen molar-refractivity contribution in [1.29, 1.82) is 0 Å². The topological polar surface area (TPSA) is 61.4 Å². The summed E-state index contributed by atoms with van der Waals surface area (Å²) in [5.41, 5.74) is 1.47. The number of nitrogens with one attached hydrogen (secondary N) is 2. The van der Waals surface area contributed by atoms with Gasteiger partial charge in [0.25, 0.3) is 0 Å². The van der Waals surface area contributed by atoms with Gasteiger partial charge >= 0.3 is 0 Å². The summed E-state index contributed by atoms with van der Waals surface area (Å²) in [4.78, 5) is 25.3. The zero-order valence-corrected chi connectivity index (χ0v) is 12.3. The predicted molar refractivity (Wildman–Crippen MR) is 78.2 cm³/mol. The van der Waals surface area contributed by atoms with Crippen LogP contribution in [-0.4, -0.2) is 48.9 Å². The Labute approximate surface area is 120 Å². The van der Waals surface area contributed by atoms with Crippen molar-refractivity contribution in [3.05, 3.63) is 11.6 Å². The van der Waals surface area contributed by atoms with E-state index in [1.54, 1.807) is 0 Å². The first-order chi connectivity index (χ1) is 9.66. The molecule has 0 unspecified atom stereocenters. The first-order valence-corrected chi connectivity index (χ1v) is 7.63. The number of piperazine rings is 1. The molecule has 0 saturated carbocycles. The molecule has 2 aliphatic rings. The number of hydrogen-bond donors (Lipinski definition) is 2. The Kier molecular flexibility index (Phi) is 5.59. The number of rotatable bonds is 5. The maximum Gasteiger partial charge on any atom is 0.237 e. The molecule has 2 amide bonds. The lowest BCUT2D eigenvalue weighted by molar-refractivity contribution is -0.130. The minimum Gasteiger partial charge on any atom is -0.354 e. The van der Waals surface area contributed by atoms with Crippen molar-refractivity contribution < 1.29 is 9.59 Å². The lowest BCUT2D eigenvalue weighted by Gasteiger charge is -2.31. The average molecular weight is 279 g/mol. The first kappa shape index (κ1) is 15.0. The van der Waals surface area contributed by atoms with Crippen LogP contribution in [0.5, 0.6) is 0 Å². The molecular weight excluding hydrogens is 254 g/mol. The molecule has 1 aliphatic carbocycles. The summed E-state index contributed by atoms with van der Waals surface area (Å²) >= 11 is 0. The van der Waals surface area contributed by atoms with Gasteiger partial charge in [-0.3, -0.25) is 14.5 Å². The molecule has 112 valence electrons. The van der Waals surface area contributed by atoms with Crippen molar-refractivity contribution in [3.8, 4) is 0 Å². The summed E-state index contributed by atoms with van der Waals surface area (Å²) in [6.07, 6.45) is 8.20. The van der Waals surface area contributed by atoms with E-state index >= 15 is 0 Å². The lowest BCUT2D eigenvalue weighted by Crippen LogP contribution is -2.55. The van der Waals surface area contributed by atoms with E-state index in [1.807, 2.05) is 11.8 Å². The van der Waals surface area contributed by atoms with E-state index < -0.39 is 0 Å². The smallest absolute Gasteiger partial charge is 0.237 e. The number of carbonyl (C=O) groups is 2. The van der Waals surface area contributed by atoms with Gasteiger partial charge in [0.15, 0.2) is 0 Å². The quantitative estimate of drug-likeness (QED) is 0.732. The second kappa shape index (κ2) is 7.43. The molecule has 1 heterocycles. The third-order valence-electron chi connectivity index (χ3n) is 4.13. The second-order valence-electron chi connectivity index (χ2n) is 5.65. The predicted octanol–water partition coefficient (Wildman–Crippen LogP) is 0.813. The van der Waals surface area contributed by atoms with Crippen LogP contribution in [0.3, 0.4) is 0 Å². The van der Waals surface area contributed by atoms with Crippen molar-refractivity contribution in [2.75, 3.05) is 26.2 Å². The third kappa shape index (κ3) is 4.34. The maximum absolute atomic E-state index is 12.1. The Morgan fingerprint density at radius 1 is 1.50 bits per heavy atom. The minimum atomic E-state index is -0.235. The van der Waals surface area contributed by atoms with Crippen molar-refractivity contribution >= 4 is 11.8 Å². The first-order valence-electron chi connectivity index (χ1n) is 7.63. The fourth-order valence-electron chi connectivity index (χ4n) is 2.78. The Balaban J connectivity index is 1.70. The molecular formula is C15H25N3O2. The summed E-state index contributed by atoms with van der Waals surface area (Å²) in [5.74, 6) is 0.0272. The van der Waals surface area contributed by atoms with Crippen molar-refractivity contribution in [2.24, 2.45) is 0 Å². The zero-order valence-electron chi connectivity index (χ0n) is 12.3. The van der Waals surface area contributed by atoms with Crippen molar-refractivity contribution in [3.63, 3.8) is 0 Å². The van der Waals surface area contributed by atoms with Crippen LogP contribution >= 0.6 is 0 Å². The summed E-state index contributed by atoms with van der Waals surface area (Å²) in [6.45, 7) is 4.26. The van der Waals surface area contributed by atoms with Gasteiger partial charge in [-0.2, -0.15) is 0 Å². The molecule has 2 rings (SSSR count). The molecule has 0 aromatic carbocycles. The van der Waals surface area contributed by atoms with Gasteiger partial charge in [-0.15, -0.1) is 0 Å². The Hall–Kier alpha value is -1.36. The van der Waals surface area contributed by atoms with Crippen LogP contribution in [0.4, 0.5) is 0 Å². The molecule has 5 heteroatoms. The zero-order chi connectivity index (χ0) is 14.4. The normalized spacial score (nSPS) is 21.9. The average Bonchev–Trinajstić information content (AvgIpc) is 2.47. The van der Waals surface area contributed by atoms with E-state index in [-0.39, 0.29) is 17.9 Å². The maximum atomic E-state index is 12.1. The highest BCUT2D eigenvalue weighted by Crippen LogP contribution is 2.19. The van der Waals surface area contributed by atoms with Crippen molar-refractivity contribution in [1.82, 2.24) is 15.5 Å². The molecule has 1 saturated heterocycles. The van der Waals surface area contributed by atoms with Crippen LogP contribution in [0.15, 0.2) is 11.6 Å². The Morgan fingerprint density at radius 2 is 2.35 bits per heavy atom. The van der Waals surface area contributed by atoms with Gasteiger partial charge in [0.2, 0.25) is 11.8 Å². The fraction of sp³-hybridized carbons (Fsp3) is 0.733. The van der Waals surface area contributed by atoms with Crippen LogP contribution in [-0.2, 0) is 9.59 Å². The molecule has 1 aliphatic heterocycles. The standard InChI is InChI=1S/C15H25N3O2/c1-12(18-10-9-16-14(19)11-18)15(20)17-8-7-13-5-3-2-4-6-13/h5,12H,2-4,6-11H2,1H3,(H,16,19)(H,17,20)/t12-/m1/s1. The van der Waals surface area contributed by atoms with Crippen molar-refractivity contribution in [2.45, 2.75) is 45.1 Å². The molecule has 20 heavy (non-hydrogen) atoms. The number of allylic oxidation sites excluding steroid dienone is 1. The lowest BCUT2D eigenvalue weighted by atomic mass is 9.97. The van der Waals surface area contributed by atoms with E-state index in [0.717, 1.165) is 13.0 Å². The highest BCUT2D eigenvalue weighted by Gasteiger charge is 2.25.